The standard InChI is InChI=1S/C21H17Br2N2S2/c1-24-16-10-8-14(22)12-18(16)26-20(24)6-4-3-5-7-21-25(2)17-11-9-15(23)13-19(17)27-21/h3-13H,1-2H3/q+1. The van der Waals surface area contributed by atoms with Crippen molar-refractivity contribution in [3.05, 3.63) is 79.7 Å². The summed E-state index contributed by atoms with van der Waals surface area (Å²) >= 11 is 10.7. The molecule has 1 aliphatic heterocycles. The van der Waals surface area contributed by atoms with Crippen LogP contribution in [-0.2, 0) is 7.05 Å². The largest absolute Gasteiger partial charge is 0.338 e. The van der Waals surface area contributed by atoms with E-state index in [1.165, 1.54) is 30.8 Å². The minimum absolute atomic E-state index is 1.12. The highest BCUT2D eigenvalue weighted by molar-refractivity contribution is 9.10. The van der Waals surface area contributed by atoms with Gasteiger partial charge in [-0.1, -0.05) is 73.2 Å². The zero-order valence-electron chi connectivity index (χ0n) is 14.8. The molecule has 1 aromatic heterocycles. The number of anilines is 1. The smallest absolute Gasteiger partial charge is 0.262 e. The minimum atomic E-state index is 1.12. The predicted octanol–water partition coefficient (Wildman–Crippen LogP) is 6.90. The molecule has 0 bridgehead atoms. The van der Waals surface area contributed by atoms with Crippen molar-refractivity contribution in [2.24, 2.45) is 7.05 Å². The highest BCUT2D eigenvalue weighted by atomic mass is 79.9. The van der Waals surface area contributed by atoms with Crippen LogP contribution < -0.4 is 9.47 Å². The Morgan fingerprint density at radius 2 is 1.78 bits per heavy atom. The molecule has 0 spiro atoms. The molecule has 4 rings (SSSR count). The molecule has 1 aliphatic rings. The van der Waals surface area contributed by atoms with Crippen LogP contribution >= 0.6 is 55.0 Å². The average Bonchev–Trinajstić information content (AvgIpc) is 3.11. The fraction of sp³-hybridized carbons (Fsp3) is 0.0952. The van der Waals surface area contributed by atoms with E-state index in [0.29, 0.717) is 0 Å². The summed E-state index contributed by atoms with van der Waals surface area (Å²) in [7, 11) is 4.22. The summed E-state index contributed by atoms with van der Waals surface area (Å²) in [5.41, 5.74) is 2.50. The fourth-order valence-corrected chi connectivity index (χ4v) is 6.16. The van der Waals surface area contributed by atoms with Crippen molar-refractivity contribution in [1.29, 1.82) is 0 Å². The van der Waals surface area contributed by atoms with Crippen LogP contribution in [0.3, 0.4) is 0 Å². The van der Waals surface area contributed by atoms with Crippen molar-refractivity contribution in [1.82, 2.24) is 0 Å². The Labute approximate surface area is 184 Å². The summed E-state index contributed by atoms with van der Waals surface area (Å²) in [6.45, 7) is 0. The molecular weight excluding hydrogens is 504 g/mol. The molecule has 0 atom stereocenters. The van der Waals surface area contributed by atoms with Crippen molar-refractivity contribution >= 4 is 76.9 Å². The maximum atomic E-state index is 3.54. The molecule has 2 nitrogen and oxygen atoms in total. The quantitative estimate of drug-likeness (QED) is 0.274. The second kappa shape index (κ2) is 7.95. The molecule has 2 heterocycles. The molecule has 0 unspecified atom stereocenters. The van der Waals surface area contributed by atoms with Gasteiger partial charge in [-0.25, -0.2) is 0 Å². The van der Waals surface area contributed by atoms with E-state index in [1.807, 2.05) is 0 Å². The lowest BCUT2D eigenvalue weighted by atomic mass is 10.3. The Morgan fingerprint density at radius 3 is 2.63 bits per heavy atom. The summed E-state index contributed by atoms with van der Waals surface area (Å²) in [6, 6.07) is 12.8. The molecule has 0 amide bonds. The monoisotopic (exact) mass is 519 g/mol. The van der Waals surface area contributed by atoms with E-state index in [9.17, 15) is 0 Å². The number of thiazole rings is 1. The van der Waals surface area contributed by atoms with Crippen LogP contribution in [0.5, 0.6) is 0 Å². The predicted molar refractivity (Wildman–Crippen MR) is 125 cm³/mol. The summed E-state index contributed by atoms with van der Waals surface area (Å²) in [6.07, 6.45) is 10.6. The SMILES string of the molecule is CN1\C(=C/C=C/C=C/c2sc3cc(Br)ccc3[n+]2C)Sc2cc(Br)ccc21. The number of rotatable bonds is 3. The number of fused-ring (bicyclic) bond motifs is 2. The number of allylic oxidation sites excluding steroid dienone is 4. The molecule has 0 aliphatic carbocycles. The maximum absolute atomic E-state index is 3.54. The van der Waals surface area contributed by atoms with Gasteiger partial charge in [-0.05, 0) is 36.4 Å². The normalized spacial score (nSPS) is 15.7. The topological polar surface area (TPSA) is 7.12 Å². The molecule has 0 saturated carbocycles. The third-order valence-corrected chi connectivity index (χ3v) is 7.67. The van der Waals surface area contributed by atoms with Crippen LogP contribution in [0.15, 0.2) is 79.6 Å². The van der Waals surface area contributed by atoms with Crippen molar-refractivity contribution in [2.75, 3.05) is 11.9 Å². The molecule has 6 heteroatoms. The summed E-state index contributed by atoms with van der Waals surface area (Å²) in [5.74, 6) is 0. The van der Waals surface area contributed by atoms with Crippen LogP contribution in [0.4, 0.5) is 5.69 Å². The van der Waals surface area contributed by atoms with Gasteiger partial charge in [0.15, 0.2) is 0 Å². The molecule has 27 heavy (non-hydrogen) atoms. The number of thioether (sulfide) groups is 1. The number of aryl methyl sites for hydroxylation is 1. The Hall–Kier alpha value is -1.34. The van der Waals surface area contributed by atoms with Gasteiger partial charge in [0, 0.05) is 33.0 Å². The molecule has 136 valence electrons. The number of benzene rings is 2. The van der Waals surface area contributed by atoms with Gasteiger partial charge in [0.25, 0.3) is 5.01 Å². The Balaban J connectivity index is 1.49. The van der Waals surface area contributed by atoms with E-state index in [0.717, 1.165) is 8.95 Å². The number of hydrogen-bond donors (Lipinski definition) is 0. The first-order valence-corrected chi connectivity index (χ1v) is 11.6. The number of hydrogen-bond acceptors (Lipinski definition) is 3. The van der Waals surface area contributed by atoms with Gasteiger partial charge < -0.3 is 4.90 Å². The number of aromatic nitrogens is 1. The molecular formula is C21H17Br2N2S2+. The Morgan fingerprint density at radius 1 is 1.00 bits per heavy atom. The maximum Gasteiger partial charge on any atom is 0.262 e. The lowest BCUT2D eigenvalue weighted by Gasteiger charge is -2.12. The molecule has 0 radical (unpaired) electrons. The molecule has 0 N–H and O–H groups in total. The van der Waals surface area contributed by atoms with Gasteiger partial charge in [0.2, 0.25) is 5.52 Å². The molecule has 0 saturated heterocycles. The highest BCUT2D eigenvalue weighted by Gasteiger charge is 2.21. The van der Waals surface area contributed by atoms with E-state index in [2.05, 4.69) is 122 Å². The summed E-state index contributed by atoms with van der Waals surface area (Å²) in [4.78, 5) is 3.51. The van der Waals surface area contributed by atoms with Crippen LogP contribution in [-0.4, -0.2) is 7.05 Å². The Kier molecular flexibility index (Phi) is 5.60. The van der Waals surface area contributed by atoms with Crippen LogP contribution in [0.1, 0.15) is 5.01 Å². The molecule has 3 aromatic rings. The van der Waals surface area contributed by atoms with E-state index in [1.54, 1.807) is 23.1 Å². The van der Waals surface area contributed by atoms with Crippen LogP contribution in [0, 0.1) is 0 Å². The first kappa shape index (κ1) is 19.0. The summed E-state index contributed by atoms with van der Waals surface area (Å²) < 4.78 is 5.74. The highest BCUT2D eigenvalue weighted by Crippen LogP contribution is 2.45. The molecule has 2 aromatic carbocycles. The molecule has 0 fully saturated rings. The van der Waals surface area contributed by atoms with Crippen molar-refractivity contribution in [3.63, 3.8) is 0 Å². The average molecular weight is 521 g/mol. The summed E-state index contributed by atoms with van der Waals surface area (Å²) in [5, 5.41) is 2.45. The zero-order chi connectivity index (χ0) is 19.0. The minimum Gasteiger partial charge on any atom is -0.338 e. The van der Waals surface area contributed by atoms with Crippen molar-refractivity contribution in [3.8, 4) is 0 Å². The van der Waals surface area contributed by atoms with E-state index >= 15 is 0 Å². The number of halogens is 2. The van der Waals surface area contributed by atoms with Gasteiger partial charge in [-0.2, -0.15) is 4.57 Å². The first-order chi connectivity index (χ1) is 13.0. The van der Waals surface area contributed by atoms with Crippen molar-refractivity contribution in [2.45, 2.75) is 4.90 Å². The van der Waals surface area contributed by atoms with Gasteiger partial charge in [-0.3, -0.25) is 0 Å². The van der Waals surface area contributed by atoms with Gasteiger partial charge >= 0.3 is 0 Å². The van der Waals surface area contributed by atoms with Gasteiger partial charge in [0.1, 0.15) is 11.7 Å². The third-order valence-electron chi connectivity index (χ3n) is 4.36. The number of nitrogens with zero attached hydrogens (tertiary/aromatic N) is 2. The van der Waals surface area contributed by atoms with Gasteiger partial charge in [-0.15, -0.1) is 0 Å². The van der Waals surface area contributed by atoms with Gasteiger partial charge in [0.05, 0.1) is 10.7 Å². The zero-order valence-corrected chi connectivity index (χ0v) is 19.6. The van der Waals surface area contributed by atoms with Crippen molar-refractivity contribution < 1.29 is 4.57 Å². The fourth-order valence-electron chi connectivity index (χ4n) is 2.92. The lowest BCUT2D eigenvalue weighted by molar-refractivity contribution is -0.642. The van der Waals surface area contributed by atoms with E-state index < -0.39 is 0 Å². The van der Waals surface area contributed by atoms with E-state index in [-0.39, 0.29) is 0 Å². The second-order valence-electron chi connectivity index (χ2n) is 6.13. The van der Waals surface area contributed by atoms with E-state index in [4.69, 9.17) is 0 Å². The lowest BCUT2D eigenvalue weighted by Crippen LogP contribution is -2.28. The second-order valence-corrected chi connectivity index (χ2v) is 10.1. The third kappa shape index (κ3) is 3.94. The van der Waals surface area contributed by atoms with Crippen LogP contribution in [0.25, 0.3) is 16.3 Å². The van der Waals surface area contributed by atoms with Crippen LogP contribution in [0.2, 0.25) is 0 Å². The first-order valence-electron chi connectivity index (χ1n) is 8.37. The Bertz CT molecular complexity index is 1110.